The predicted octanol–water partition coefficient (Wildman–Crippen LogP) is 6.64. The molecule has 1 aliphatic rings. The second-order valence-electron chi connectivity index (χ2n) is 8.83. The molecule has 1 aliphatic heterocycles. The van der Waals surface area contributed by atoms with Crippen molar-refractivity contribution in [1.29, 1.82) is 0 Å². The number of rotatable bonds is 10. The van der Waals surface area contributed by atoms with E-state index in [2.05, 4.69) is 17.2 Å². The summed E-state index contributed by atoms with van der Waals surface area (Å²) in [6.45, 7) is 8.07. The van der Waals surface area contributed by atoms with Crippen molar-refractivity contribution in [2.75, 3.05) is 11.1 Å². The fourth-order valence-electron chi connectivity index (χ4n) is 3.87. The molecular formula is C27H31ClN4O3S. The topological polar surface area (TPSA) is 78.3 Å². The summed E-state index contributed by atoms with van der Waals surface area (Å²) in [5, 5.41) is 9.35. The number of carbonyl (C=O) groups excluding carboxylic acids is 1. The number of nitrogens with zero attached hydrogens (tertiary/aromatic N) is 3. The van der Waals surface area contributed by atoms with E-state index in [0.29, 0.717) is 39.8 Å². The van der Waals surface area contributed by atoms with Crippen LogP contribution in [0.15, 0.2) is 65.0 Å². The molecule has 7 nitrogen and oxygen atoms in total. The van der Waals surface area contributed by atoms with Crippen molar-refractivity contribution < 1.29 is 14.3 Å². The minimum atomic E-state index is -0.474. The van der Waals surface area contributed by atoms with Gasteiger partial charge >= 0.3 is 5.97 Å². The van der Waals surface area contributed by atoms with Crippen LogP contribution in [0.1, 0.15) is 57.7 Å². The first-order chi connectivity index (χ1) is 17.4. The van der Waals surface area contributed by atoms with E-state index in [1.807, 2.05) is 69.3 Å². The number of aromatic nitrogens is 3. The number of ether oxygens (including phenoxy) is 2. The van der Waals surface area contributed by atoms with Crippen LogP contribution in [0.5, 0.6) is 5.75 Å². The Kier molecular flexibility index (Phi) is 8.59. The molecule has 0 aliphatic carbocycles. The molecule has 2 aromatic carbocycles. The van der Waals surface area contributed by atoms with Crippen LogP contribution in [0.25, 0.3) is 0 Å². The molecule has 9 heteroatoms. The zero-order chi connectivity index (χ0) is 25.7. The lowest BCUT2D eigenvalue weighted by atomic mass is 9.95. The third-order valence-corrected chi connectivity index (χ3v) is 6.97. The number of benzene rings is 2. The molecule has 0 fully saturated rings. The Labute approximate surface area is 221 Å². The van der Waals surface area contributed by atoms with Gasteiger partial charge in [-0.15, -0.1) is 5.10 Å². The van der Waals surface area contributed by atoms with Crippen LogP contribution in [0.4, 0.5) is 5.95 Å². The first-order valence-electron chi connectivity index (χ1n) is 12.1. The number of thioether (sulfide) groups is 1. The van der Waals surface area contributed by atoms with Gasteiger partial charge in [0.15, 0.2) is 0 Å². The Morgan fingerprint density at radius 1 is 1.19 bits per heavy atom. The van der Waals surface area contributed by atoms with E-state index >= 15 is 0 Å². The average molecular weight is 527 g/mol. The van der Waals surface area contributed by atoms with Crippen LogP contribution in [-0.4, -0.2) is 32.6 Å². The zero-order valence-electron chi connectivity index (χ0n) is 21.0. The molecule has 0 amide bonds. The van der Waals surface area contributed by atoms with Crippen LogP contribution in [-0.2, 0) is 16.1 Å². The Morgan fingerprint density at radius 2 is 1.94 bits per heavy atom. The molecular weight excluding hydrogens is 496 g/mol. The van der Waals surface area contributed by atoms with Gasteiger partial charge in [0.1, 0.15) is 18.4 Å². The second-order valence-corrected chi connectivity index (χ2v) is 10.3. The van der Waals surface area contributed by atoms with Gasteiger partial charge in [-0.3, -0.25) is 0 Å². The molecule has 2 heterocycles. The highest BCUT2D eigenvalue weighted by Gasteiger charge is 2.35. The molecule has 1 atom stereocenters. The van der Waals surface area contributed by atoms with Crippen molar-refractivity contribution in [3.05, 3.63) is 76.0 Å². The van der Waals surface area contributed by atoms with Gasteiger partial charge < -0.3 is 14.8 Å². The largest absolute Gasteiger partial charge is 0.489 e. The van der Waals surface area contributed by atoms with Crippen molar-refractivity contribution in [1.82, 2.24) is 14.8 Å². The number of halogens is 1. The quantitative estimate of drug-likeness (QED) is 0.180. The summed E-state index contributed by atoms with van der Waals surface area (Å²) < 4.78 is 13.3. The van der Waals surface area contributed by atoms with E-state index in [1.54, 1.807) is 16.4 Å². The number of anilines is 1. The number of allylic oxidation sites excluding steroid dienone is 1. The monoisotopic (exact) mass is 526 g/mol. The standard InChI is InChI=1S/C27H31ClN4O3S/c1-5-6-15-36-27-30-26-29-18(4)23(25(33)35-17(2)3)24(32(26)31-27)19-11-13-21(14-12-19)34-16-20-9-7-8-10-22(20)28/h7-14,17,24H,5-6,15-16H2,1-4H3,(H,29,30,31). The molecule has 190 valence electrons. The summed E-state index contributed by atoms with van der Waals surface area (Å²) in [7, 11) is 0. The summed E-state index contributed by atoms with van der Waals surface area (Å²) in [6, 6.07) is 14.8. The lowest BCUT2D eigenvalue weighted by molar-refractivity contribution is -0.143. The number of hydrogen-bond donors (Lipinski definition) is 1. The molecule has 4 rings (SSSR count). The van der Waals surface area contributed by atoms with Gasteiger partial charge in [0.05, 0.1) is 11.7 Å². The molecule has 36 heavy (non-hydrogen) atoms. The Bertz CT molecular complexity index is 1240. The first kappa shape index (κ1) is 26.1. The maximum Gasteiger partial charge on any atom is 0.338 e. The number of hydrogen-bond acceptors (Lipinski definition) is 7. The SMILES string of the molecule is CCCCSc1nc2n(n1)C(c1ccc(OCc3ccccc3Cl)cc1)C(C(=O)OC(C)C)=C(C)N2. The van der Waals surface area contributed by atoms with Crippen molar-refractivity contribution in [3.63, 3.8) is 0 Å². The molecule has 0 saturated carbocycles. The lowest BCUT2D eigenvalue weighted by Crippen LogP contribution is -2.30. The second kappa shape index (κ2) is 11.8. The van der Waals surface area contributed by atoms with Crippen LogP contribution >= 0.6 is 23.4 Å². The van der Waals surface area contributed by atoms with E-state index in [9.17, 15) is 4.79 Å². The maximum atomic E-state index is 13.2. The summed E-state index contributed by atoms with van der Waals surface area (Å²) >= 11 is 7.87. The highest BCUT2D eigenvalue weighted by Crippen LogP contribution is 2.37. The molecule has 0 radical (unpaired) electrons. The van der Waals surface area contributed by atoms with Crippen molar-refractivity contribution in [2.45, 2.75) is 64.4 Å². The highest BCUT2D eigenvalue weighted by molar-refractivity contribution is 7.99. The van der Waals surface area contributed by atoms with E-state index in [0.717, 1.165) is 29.7 Å². The molecule has 0 spiro atoms. The molecule has 3 aromatic rings. The van der Waals surface area contributed by atoms with Gasteiger partial charge in [0.25, 0.3) is 0 Å². The van der Waals surface area contributed by atoms with E-state index in [4.69, 9.17) is 26.2 Å². The number of fused-ring (bicyclic) bond motifs is 1. The smallest absolute Gasteiger partial charge is 0.338 e. The third-order valence-electron chi connectivity index (χ3n) is 5.67. The fourth-order valence-corrected chi connectivity index (χ4v) is 4.98. The average Bonchev–Trinajstić information content (AvgIpc) is 3.25. The molecule has 0 bridgehead atoms. The van der Waals surface area contributed by atoms with Gasteiger partial charge in [0.2, 0.25) is 11.1 Å². The highest BCUT2D eigenvalue weighted by atomic mass is 35.5. The van der Waals surface area contributed by atoms with Crippen LogP contribution in [0.3, 0.4) is 0 Å². The normalized spacial score (nSPS) is 15.0. The predicted molar refractivity (Wildman–Crippen MR) is 144 cm³/mol. The van der Waals surface area contributed by atoms with Crippen LogP contribution in [0, 0.1) is 0 Å². The van der Waals surface area contributed by atoms with E-state index in [1.165, 1.54) is 0 Å². The van der Waals surface area contributed by atoms with Gasteiger partial charge in [-0.25, -0.2) is 9.48 Å². The maximum absolute atomic E-state index is 13.2. The Hall–Kier alpha value is -2.97. The summed E-state index contributed by atoms with van der Waals surface area (Å²) in [5.74, 6) is 1.88. The Balaban J connectivity index is 1.62. The van der Waals surface area contributed by atoms with Crippen molar-refractivity contribution >= 4 is 35.3 Å². The van der Waals surface area contributed by atoms with Gasteiger partial charge in [-0.1, -0.05) is 67.0 Å². The molecule has 1 aromatic heterocycles. The third kappa shape index (κ3) is 6.05. The summed E-state index contributed by atoms with van der Waals surface area (Å²) in [5.41, 5.74) is 3.01. The van der Waals surface area contributed by atoms with Crippen molar-refractivity contribution in [2.24, 2.45) is 0 Å². The van der Waals surface area contributed by atoms with E-state index < -0.39 is 6.04 Å². The van der Waals surface area contributed by atoms with Gasteiger partial charge in [-0.2, -0.15) is 4.98 Å². The number of nitrogens with one attached hydrogen (secondary N) is 1. The molecule has 1 N–H and O–H groups in total. The molecule has 1 unspecified atom stereocenters. The number of carbonyl (C=O) groups is 1. The zero-order valence-corrected chi connectivity index (χ0v) is 22.5. The molecule has 0 saturated heterocycles. The van der Waals surface area contributed by atoms with Crippen molar-refractivity contribution in [3.8, 4) is 5.75 Å². The van der Waals surface area contributed by atoms with Gasteiger partial charge in [0, 0.05) is 22.0 Å². The van der Waals surface area contributed by atoms with E-state index in [-0.39, 0.29) is 12.1 Å². The van der Waals surface area contributed by atoms with Gasteiger partial charge in [-0.05, 0) is 51.0 Å². The summed E-state index contributed by atoms with van der Waals surface area (Å²) in [4.78, 5) is 17.8. The van der Waals surface area contributed by atoms with Crippen LogP contribution in [0.2, 0.25) is 5.02 Å². The lowest BCUT2D eigenvalue weighted by Gasteiger charge is -2.28. The fraction of sp³-hybridized carbons (Fsp3) is 0.370. The Morgan fingerprint density at radius 3 is 2.64 bits per heavy atom. The summed E-state index contributed by atoms with van der Waals surface area (Å²) in [6.07, 6.45) is 1.96. The minimum Gasteiger partial charge on any atom is -0.489 e. The first-order valence-corrected chi connectivity index (χ1v) is 13.5. The number of esters is 1. The number of unbranched alkanes of at least 4 members (excludes halogenated alkanes) is 1. The van der Waals surface area contributed by atoms with Crippen LogP contribution < -0.4 is 10.1 Å². The minimum absolute atomic E-state index is 0.239.